The Balaban J connectivity index is 2.29. The van der Waals surface area contributed by atoms with E-state index in [2.05, 4.69) is 16.0 Å². The molecule has 1 rings (SSSR count). The third-order valence-corrected chi connectivity index (χ3v) is 2.66. The smallest absolute Gasteiger partial charge is 0.221 e. The third kappa shape index (κ3) is 7.06. The molecular formula is C14H21N3O2S. The minimum Gasteiger partial charge on any atom is -0.382 e. The van der Waals surface area contributed by atoms with Crippen LogP contribution in [0.3, 0.4) is 0 Å². The van der Waals surface area contributed by atoms with Gasteiger partial charge in [0.2, 0.25) is 5.91 Å². The molecule has 0 radical (unpaired) electrons. The molecule has 6 heteroatoms. The van der Waals surface area contributed by atoms with E-state index in [-0.39, 0.29) is 5.91 Å². The molecule has 0 aliphatic rings. The fourth-order valence-electron chi connectivity index (χ4n) is 1.54. The van der Waals surface area contributed by atoms with Crippen LogP contribution in [0.4, 0.5) is 11.4 Å². The van der Waals surface area contributed by atoms with Gasteiger partial charge in [-0.05, 0) is 49.8 Å². The van der Waals surface area contributed by atoms with Crippen LogP contribution < -0.4 is 16.0 Å². The highest BCUT2D eigenvalue weighted by molar-refractivity contribution is 7.80. The highest BCUT2D eigenvalue weighted by Crippen LogP contribution is 2.13. The molecule has 0 spiro atoms. The topological polar surface area (TPSA) is 62.4 Å². The van der Waals surface area contributed by atoms with Crippen LogP contribution >= 0.6 is 12.2 Å². The van der Waals surface area contributed by atoms with Gasteiger partial charge in [0.1, 0.15) is 0 Å². The molecule has 0 saturated heterocycles. The minimum atomic E-state index is -0.0859. The van der Waals surface area contributed by atoms with E-state index < -0.39 is 0 Å². The normalized spacial score (nSPS) is 9.90. The lowest BCUT2D eigenvalue weighted by Gasteiger charge is -2.11. The second-order valence-corrected chi connectivity index (χ2v) is 4.60. The number of carbonyl (C=O) groups is 1. The van der Waals surface area contributed by atoms with Crippen molar-refractivity contribution < 1.29 is 9.53 Å². The summed E-state index contributed by atoms with van der Waals surface area (Å²) in [4.78, 5) is 10.9. The number of hydrogen-bond acceptors (Lipinski definition) is 3. The second kappa shape index (κ2) is 9.28. The fourth-order valence-corrected chi connectivity index (χ4v) is 1.76. The van der Waals surface area contributed by atoms with E-state index >= 15 is 0 Å². The van der Waals surface area contributed by atoms with Gasteiger partial charge in [-0.3, -0.25) is 4.79 Å². The Morgan fingerprint density at radius 2 is 1.80 bits per heavy atom. The van der Waals surface area contributed by atoms with Crippen LogP contribution in [-0.4, -0.2) is 30.8 Å². The average Bonchev–Trinajstić information content (AvgIpc) is 2.40. The predicted octanol–water partition coefficient (Wildman–Crippen LogP) is 2.36. The quantitative estimate of drug-likeness (QED) is 0.532. The molecule has 0 fully saturated rings. The Labute approximate surface area is 125 Å². The molecule has 0 aliphatic carbocycles. The molecule has 0 aliphatic heterocycles. The number of anilines is 2. The molecule has 0 aromatic heterocycles. The molecule has 3 N–H and O–H groups in total. The first-order chi connectivity index (χ1) is 9.61. The van der Waals surface area contributed by atoms with Gasteiger partial charge < -0.3 is 20.7 Å². The number of carbonyl (C=O) groups excluding carboxylic acids is 1. The number of rotatable bonds is 7. The number of benzene rings is 1. The van der Waals surface area contributed by atoms with Gasteiger partial charge in [-0.15, -0.1) is 0 Å². The van der Waals surface area contributed by atoms with Crippen LogP contribution in [0.1, 0.15) is 20.3 Å². The second-order valence-electron chi connectivity index (χ2n) is 4.19. The van der Waals surface area contributed by atoms with Crippen molar-refractivity contribution in [2.45, 2.75) is 20.3 Å². The zero-order valence-electron chi connectivity index (χ0n) is 11.9. The minimum absolute atomic E-state index is 0.0859. The summed E-state index contributed by atoms with van der Waals surface area (Å²) in [5, 5.41) is 9.48. The van der Waals surface area contributed by atoms with Crippen LogP contribution in [0, 0.1) is 0 Å². The van der Waals surface area contributed by atoms with Crippen molar-refractivity contribution in [1.82, 2.24) is 5.32 Å². The summed E-state index contributed by atoms with van der Waals surface area (Å²) >= 11 is 5.18. The molecule has 0 unspecified atom stereocenters. The maximum Gasteiger partial charge on any atom is 0.221 e. The highest BCUT2D eigenvalue weighted by atomic mass is 32.1. The van der Waals surface area contributed by atoms with E-state index in [1.54, 1.807) is 0 Å². The van der Waals surface area contributed by atoms with E-state index in [9.17, 15) is 4.79 Å². The Bertz CT molecular complexity index is 435. The molecule has 0 atom stereocenters. The standard InChI is InChI=1S/C14H21N3O2S/c1-3-19-10-4-9-15-14(20)17-13-7-5-12(6-8-13)16-11(2)18/h5-8H,3-4,9-10H2,1-2H3,(H,16,18)(H2,15,17,20). The van der Waals surface area contributed by atoms with Crippen molar-refractivity contribution in [3.8, 4) is 0 Å². The lowest BCUT2D eigenvalue weighted by atomic mass is 10.3. The Hall–Kier alpha value is -1.66. The van der Waals surface area contributed by atoms with Gasteiger partial charge in [-0.2, -0.15) is 0 Å². The molecule has 5 nitrogen and oxygen atoms in total. The molecule has 1 amide bonds. The van der Waals surface area contributed by atoms with Crippen molar-refractivity contribution in [2.24, 2.45) is 0 Å². The first kappa shape index (κ1) is 16.4. The molecular weight excluding hydrogens is 274 g/mol. The molecule has 1 aromatic carbocycles. The monoisotopic (exact) mass is 295 g/mol. The van der Waals surface area contributed by atoms with Crippen LogP contribution in [0.15, 0.2) is 24.3 Å². The van der Waals surface area contributed by atoms with E-state index in [1.165, 1.54) is 6.92 Å². The molecule has 110 valence electrons. The Kier molecular flexibility index (Phi) is 7.60. The van der Waals surface area contributed by atoms with E-state index in [1.807, 2.05) is 31.2 Å². The van der Waals surface area contributed by atoms with Crippen molar-refractivity contribution >= 4 is 34.6 Å². The van der Waals surface area contributed by atoms with Crippen LogP contribution in [0.2, 0.25) is 0 Å². The van der Waals surface area contributed by atoms with E-state index in [0.717, 1.165) is 37.6 Å². The van der Waals surface area contributed by atoms with E-state index in [4.69, 9.17) is 17.0 Å². The molecule has 1 aromatic rings. The van der Waals surface area contributed by atoms with E-state index in [0.29, 0.717) is 5.11 Å². The Morgan fingerprint density at radius 3 is 2.35 bits per heavy atom. The summed E-state index contributed by atoms with van der Waals surface area (Å²) < 4.78 is 5.24. The third-order valence-electron chi connectivity index (χ3n) is 2.42. The summed E-state index contributed by atoms with van der Waals surface area (Å²) in [5.41, 5.74) is 1.64. The SMILES string of the molecule is CCOCCCNC(=S)Nc1ccc(NC(C)=O)cc1. The lowest BCUT2D eigenvalue weighted by Crippen LogP contribution is -2.29. The maximum atomic E-state index is 10.9. The number of thiocarbonyl (C=S) groups is 1. The average molecular weight is 295 g/mol. The molecule has 0 saturated carbocycles. The van der Waals surface area contributed by atoms with Crippen molar-refractivity contribution in [1.29, 1.82) is 0 Å². The summed E-state index contributed by atoms with van der Waals surface area (Å²) in [6.45, 7) is 5.70. The van der Waals surface area contributed by atoms with Crippen molar-refractivity contribution in [3.63, 3.8) is 0 Å². The first-order valence-electron chi connectivity index (χ1n) is 6.62. The number of ether oxygens (including phenoxy) is 1. The summed E-state index contributed by atoms with van der Waals surface area (Å²) in [6, 6.07) is 7.36. The predicted molar refractivity (Wildman–Crippen MR) is 86.1 cm³/mol. The summed E-state index contributed by atoms with van der Waals surface area (Å²) in [6.07, 6.45) is 0.914. The van der Waals surface area contributed by atoms with Crippen LogP contribution in [0.5, 0.6) is 0 Å². The number of amides is 1. The largest absolute Gasteiger partial charge is 0.382 e. The summed E-state index contributed by atoms with van der Waals surface area (Å²) in [5.74, 6) is -0.0859. The van der Waals surface area contributed by atoms with Gasteiger partial charge in [-0.1, -0.05) is 0 Å². The maximum absolute atomic E-state index is 10.9. The zero-order chi connectivity index (χ0) is 14.8. The van der Waals surface area contributed by atoms with Gasteiger partial charge in [-0.25, -0.2) is 0 Å². The zero-order valence-corrected chi connectivity index (χ0v) is 12.7. The van der Waals surface area contributed by atoms with Crippen molar-refractivity contribution in [2.75, 3.05) is 30.4 Å². The van der Waals surface area contributed by atoms with Gasteiger partial charge in [0.15, 0.2) is 5.11 Å². The van der Waals surface area contributed by atoms with Gasteiger partial charge >= 0.3 is 0 Å². The lowest BCUT2D eigenvalue weighted by molar-refractivity contribution is -0.114. The van der Waals surface area contributed by atoms with Gasteiger partial charge in [0.25, 0.3) is 0 Å². The first-order valence-corrected chi connectivity index (χ1v) is 7.03. The van der Waals surface area contributed by atoms with Gasteiger partial charge in [0.05, 0.1) is 0 Å². The van der Waals surface area contributed by atoms with Crippen LogP contribution in [-0.2, 0) is 9.53 Å². The number of nitrogens with one attached hydrogen (secondary N) is 3. The van der Waals surface area contributed by atoms with Gasteiger partial charge in [0, 0.05) is 38.1 Å². The fraction of sp³-hybridized carbons (Fsp3) is 0.429. The molecule has 20 heavy (non-hydrogen) atoms. The number of hydrogen-bond donors (Lipinski definition) is 3. The molecule has 0 heterocycles. The summed E-state index contributed by atoms with van der Waals surface area (Å²) in [7, 11) is 0. The van der Waals surface area contributed by atoms with Crippen molar-refractivity contribution in [3.05, 3.63) is 24.3 Å². The van der Waals surface area contributed by atoms with Crippen LogP contribution in [0.25, 0.3) is 0 Å². The highest BCUT2D eigenvalue weighted by Gasteiger charge is 1.99. The molecule has 0 bridgehead atoms. The Morgan fingerprint density at radius 1 is 1.20 bits per heavy atom.